The topological polar surface area (TPSA) is 30.5 Å². The van der Waals surface area contributed by atoms with Crippen molar-refractivity contribution in [1.29, 1.82) is 0 Å². The summed E-state index contributed by atoms with van der Waals surface area (Å²) in [5.74, 6) is 0.510. The lowest BCUT2D eigenvalue weighted by Crippen LogP contribution is -2.41. The van der Waals surface area contributed by atoms with Gasteiger partial charge in [0.1, 0.15) is 0 Å². The van der Waals surface area contributed by atoms with Gasteiger partial charge in [-0.25, -0.2) is 4.39 Å². The van der Waals surface area contributed by atoms with Crippen LogP contribution < -0.4 is 10.1 Å². The van der Waals surface area contributed by atoms with Gasteiger partial charge in [-0.15, -0.1) is 0 Å². The highest BCUT2D eigenvalue weighted by atomic mass is 19.1. The van der Waals surface area contributed by atoms with Crippen LogP contribution in [0.3, 0.4) is 0 Å². The normalized spacial score (nSPS) is 24.1. The zero-order chi connectivity index (χ0) is 15.4. The molecule has 1 saturated heterocycles. The molecule has 3 atom stereocenters. The van der Waals surface area contributed by atoms with E-state index in [4.69, 9.17) is 9.47 Å². The van der Waals surface area contributed by atoms with E-state index in [1.54, 1.807) is 12.1 Å². The molecule has 0 aromatic heterocycles. The van der Waals surface area contributed by atoms with Gasteiger partial charge in [-0.3, -0.25) is 0 Å². The van der Waals surface area contributed by atoms with Crippen molar-refractivity contribution in [2.75, 3.05) is 13.7 Å². The van der Waals surface area contributed by atoms with E-state index in [9.17, 15) is 4.39 Å². The standard InChI is InChI=1S/C17H26FNO2/c1-11(2)17-10-14(7-8-21-17)19-12(3)13-5-6-16(20-4)15(18)9-13/h5-6,9,11-12,14,17,19H,7-8,10H2,1-4H3. The van der Waals surface area contributed by atoms with E-state index in [1.807, 2.05) is 6.07 Å². The smallest absolute Gasteiger partial charge is 0.165 e. The number of ether oxygens (including phenoxy) is 2. The third kappa shape index (κ3) is 4.17. The molecular formula is C17H26FNO2. The van der Waals surface area contributed by atoms with Gasteiger partial charge in [-0.05, 0) is 43.4 Å². The summed E-state index contributed by atoms with van der Waals surface area (Å²) in [7, 11) is 1.48. The van der Waals surface area contributed by atoms with Crippen LogP contribution in [0.1, 0.15) is 45.2 Å². The lowest BCUT2D eigenvalue weighted by Gasteiger charge is -2.34. The predicted octanol–water partition coefficient (Wildman–Crippen LogP) is 3.69. The molecule has 3 nitrogen and oxygen atoms in total. The zero-order valence-electron chi connectivity index (χ0n) is 13.4. The molecular weight excluding hydrogens is 269 g/mol. The first-order valence-electron chi connectivity index (χ1n) is 7.72. The Balaban J connectivity index is 1.97. The Morgan fingerprint density at radius 2 is 2.10 bits per heavy atom. The number of benzene rings is 1. The number of hydrogen-bond donors (Lipinski definition) is 1. The van der Waals surface area contributed by atoms with Crippen LogP contribution in [0.5, 0.6) is 5.75 Å². The minimum absolute atomic E-state index is 0.112. The molecule has 0 radical (unpaired) electrons. The molecule has 0 aliphatic carbocycles. The van der Waals surface area contributed by atoms with Crippen LogP contribution in [-0.2, 0) is 4.74 Å². The molecule has 0 amide bonds. The quantitative estimate of drug-likeness (QED) is 0.898. The van der Waals surface area contributed by atoms with Gasteiger partial charge in [0.25, 0.3) is 0 Å². The fraction of sp³-hybridized carbons (Fsp3) is 0.647. The minimum Gasteiger partial charge on any atom is -0.494 e. The summed E-state index contributed by atoms with van der Waals surface area (Å²) < 4.78 is 24.5. The number of halogens is 1. The maximum absolute atomic E-state index is 13.8. The summed E-state index contributed by atoms with van der Waals surface area (Å²) in [5.41, 5.74) is 0.945. The molecule has 0 saturated carbocycles. The fourth-order valence-electron chi connectivity index (χ4n) is 2.85. The summed E-state index contributed by atoms with van der Waals surface area (Å²) in [6.45, 7) is 7.25. The molecule has 1 aromatic carbocycles. The predicted molar refractivity (Wildman–Crippen MR) is 82.1 cm³/mol. The van der Waals surface area contributed by atoms with Crippen molar-refractivity contribution in [3.05, 3.63) is 29.6 Å². The average molecular weight is 295 g/mol. The van der Waals surface area contributed by atoms with Crippen LogP contribution in [0.4, 0.5) is 4.39 Å². The van der Waals surface area contributed by atoms with Crippen molar-refractivity contribution >= 4 is 0 Å². The molecule has 0 bridgehead atoms. The van der Waals surface area contributed by atoms with Crippen LogP contribution in [0.15, 0.2) is 18.2 Å². The summed E-state index contributed by atoms with van der Waals surface area (Å²) in [5, 5.41) is 3.60. The summed E-state index contributed by atoms with van der Waals surface area (Å²) in [6.07, 6.45) is 2.34. The third-order valence-electron chi connectivity index (χ3n) is 4.22. The highest BCUT2D eigenvalue weighted by Gasteiger charge is 2.26. The van der Waals surface area contributed by atoms with E-state index in [-0.39, 0.29) is 17.6 Å². The molecule has 1 aromatic rings. The lowest BCUT2D eigenvalue weighted by atomic mass is 9.94. The number of nitrogens with one attached hydrogen (secondary N) is 1. The Hall–Kier alpha value is -1.13. The molecule has 118 valence electrons. The highest BCUT2D eigenvalue weighted by Crippen LogP contribution is 2.25. The first kappa shape index (κ1) is 16.2. The van der Waals surface area contributed by atoms with Crippen LogP contribution in [-0.4, -0.2) is 25.9 Å². The summed E-state index contributed by atoms with van der Waals surface area (Å²) in [4.78, 5) is 0. The molecule has 4 heteroatoms. The first-order chi connectivity index (χ1) is 10.0. The van der Waals surface area contributed by atoms with Crippen molar-refractivity contribution < 1.29 is 13.9 Å². The van der Waals surface area contributed by atoms with Crippen molar-refractivity contribution in [2.24, 2.45) is 5.92 Å². The van der Waals surface area contributed by atoms with Gasteiger partial charge in [0.15, 0.2) is 11.6 Å². The van der Waals surface area contributed by atoms with Crippen LogP contribution in [0.2, 0.25) is 0 Å². The lowest BCUT2D eigenvalue weighted by molar-refractivity contribution is -0.0257. The molecule has 1 aliphatic heterocycles. The van der Waals surface area contributed by atoms with Gasteiger partial charge < -0.3 is 14.8 Å². The van der Waals surface area contributed by atoms with E-state index < -0.39 is 0 Å². The molecule has 2 rings (SSSR count). The molecule has 1 aliphatic rings. The Bertz CT molecular complexity index is 464. The van der Waals surface area contributed by atoms with Gasteiger partial charge in [0.2, 0.25) is 0 Å². The SMILES string of the molecule is COc1ccc(C(C)NC2CCOC(C(C)C)C2)cc1F. The Kier molecular flexibility index (Phi) is 5.59. The summed E-state index contributed by atoms with van der Waals surface area (Å²) >= 11 is 0. The number of hydrogen-bond acceptors (Lipinski definition) is 3. The van der Waals surface area contributed by atoms with Crippen molar-refractivity contribution in [2.45, 2.75) is 51.8 Å². The Morgan fingerprint density at radius 3 is 2.71 bits per heavy atom. The molecule has 21 heavy (non-hydrogen) atoms. The molecule has 1 fully saturated rings. The van der Waals surface area contributed by atoms with Gasteiger partial charge in [-0.1, -0.05) is 19.9 Å². The zero-order valence-corrected chi connectivity index (χ0v) is 13.4. The maximum Gasteiger partial charge on any atom is 0.165 e. The van der Waals surface area contributed by atoms with Crippen LogP contribution in [0, 0.1) is 11.7 Å². The van der Waals surface area contributed by atoms with E-state index in [0.29, 0.717) is 18.1 Å². The average Bonchev–Trinajstić information content (AvgIpc) is 2.47. The second-order valence-corrected chi connectivity index (χ2v) is 6.16. The Labute approximate surface area is 126 Å². The molecule has 1 N–H and O–H groups in total. The van der Waals surface area contributed by atoms with Crippen LogP contribution in [0.25, 0.3) is 0 Å². The fourth-order valence-corrected chi connectivity index (χ4v) is 2.85. The van der Waals surface area contributed by atoms with E-state index in [1.165, 1.54) is 7.11 Å². The van der Waals surface area contributed by atoms with E-state index in [2.05, 4.69) is 26.1 Å². The largest absolute Gasteiger partial charge is 0.494 e. The summed E-state index contributed by atoms with van der Waals surface area (Å²) in [6, 6.07) is 5.69. The highest BCUT2D eigenvalue weighted by molar-refractivity contribution is 5.30. The van der Waals surface area contributed by atoms with Crippen LogP contribution >= 0.6 is 0 Å². The minimum atomic E-state index is -0.310. The maximum atomic E-state index is 13.8. The molecule has 0 spiro atoms. The second kappa shape index (κ2) is 7.23. The number of methoxy groups -OCH3 is 1. The van der Waals surface area contributed by atoms with Gasteiger partial charge in [0.05, 0.1) is 13.2 Å². The van der Waals surface area contributed by atoms with Crippen molar-refractivity contribution in [1.82, 2.24) is 5.32 Å². The molecule has 3 unspecified atom stereocenters. The van der Waals surface area contributed by atoms with E-state index in [0.717, 1.165) is 25.0 Å². The van der Waals surface area contributed by atoms with Crippen molar-refractivity contribution in [3.8, 4) is 5.75 Å². The van der Waals surface area contributed by atoms with Gasteiger partial charge in [-0.2, -0.15) is 0 Å². The van der Waals surface area contributed by atoms with E-state index >= 15 is 0 Å². The number of rotatable bonds is 5. The third-order valence-corrected chi connectivity index (χ3v) is 4.22. The second-order valence-electron chi connectivity index (χ2n) is 6.16. The monoisotopic (exact) mass is 295 g/mol. The van der Waals surface area contributed by atoms with Crippen molar-refractivity contribution in [3.63, 3.8) is 0 Å². The van der Waals surface area contributed by atoms with Gasteiger partial charge >= 0.3 is 0 Å². The first-order valence-corrected chi connectivity index (χ1v) is 7.72. The van der Waals surface area contributed by atoms with Gasteiger partial charge in [0, 0.05) is 18.7 Å². The Morgan fingerprint density at radius 1 is 1.33 bits per heavy atom. The molecule has 1 heterocycles.